The van der Waals surface area contributed by atoms with Crippen LogP contribution in [0.4, 0.5) is 5.69 Å². The van der Waals surface area contributed by atoms with Crippen molar-refractivity contribution in [3.05, 3.63) is 18.2 Å². The maximum absolute atomic E-state index is 5.31. The van der Waals surface area contributed by atoms with Gasteiger partial charge >= 0.3 is 0 Å². The summed E-state index contributed by atoms with van der Waals surface area (Å²) in [6, 6.07) is 6.52. The SMILES string of the molecule is COc1cc(NC2CCC(C)CC2C)cc(OC)c1. The minimum absolute atomic E-state index is 0.549. The van der Waals surface area contributed by atoms with Crippen LogP contribution in [0.1, 0.15) is 33.1 Å². The fourth-order valence-corrected chi connectivity index (χ4v) is 2.98. The molecule has 0 aromatic heterocycles. The van der Waals surface area contributed by atoms with Crippen LogP contribution in [0, 0.1) is 11.8 Å². The third kappa shape index (κ3) is 3.55. The van der Waals surface area contributed by atoms with Crippen molar-refractivity contribution in [2.24, 2.45) is 11.8 Å². The molecule has 19 heavy (non-hydrogen) atoms. The largest absolute Gasteiger partial charge is 0.497 e. The lowest BCUT2D eigenvalue weighted by molar-refractivity contribution is 0.276. The van der Waals surface area contributed by atoms with Crippen LogP contribution in [0.25, 0.3) is 0 Å². The summed E-state index contributed by atoms with van der Waals surface area (Å²) in [5, 5.41) is 3.64. The van der Waals surface area contributed by atoms with Crippen molar-refractivity contribution in [1.82, 2.24) is 0 Å². The molecular formula is C16H25NO2. The summed E-state index contributed by atoms with van der Waals surface area (Å²) in [5.74, 6) is 3.23. The van der Waals surface area contributed by atoms with Gasteiger partial charge in [0.1, 0.15) is 11.5 Å². The molecule has 0 heterocycles. The van der Waals surface area contributed by atoms with Crippen LogP contribution in [-0.4, -0.2) is 20.3 Å². The first-order chi connectivity index (χ1) is 9.12. The summed E-state index contributed by atoms with van der Waals surface area (Å²) in [6.07, 6.45) is 3.85. The minimum Gasteiger partial charge on any atom is -0.497 e. The lowest BCUT2D eigenvalue weighted by Gasteiger charge is -2.34. The van der Waals surface area contributed by atoms with Crippen molar-refractivity contribution in [3.63, 3.8) is 0 Å². The first-order valence-corrected chi connectivity index (χ1v) is 7.12. The number of benzene rings is 1. The van der Waals surface area contributed by atoms with E-state index in [2.05, 4.69) is 19.2 Å². The number of methoxy groups -OCH3 is 2. The average Bonchev–Trinajstić information content (AvgIpc) is 2.41. The quantitative estimate of drug-likeness (QED) is 0.892. The molecule has 3 unspecified atom stereocenters. The highest BCUT2D eigenvalue weighted by Gasteiger charge is 2.25. The second kappa shape index (κ2) is 6.18. The maximum Gasteiger partial charge on any atom is 0.124 e. The lowest BCUT2D eigenvalue weighted by atomic mass is 9.80. The zero-order valence-corrected chi connectivity index (χ0v) is 12.4. The Morgan fingerprint density at radius 3 is 2.16 bits per heavy atom. The fourth-order valence-electron chi connectivity index (χ4n) is 2.98. The molecule has 3 atom stereocenters. The van der Waals surface area contributed by atoms with E-state index in [-0.39, 0.29) is 0 Å². The zero-order chi connectivity index (χ0) is 13.8. The van der Waals surface area contributed by atoms with Gasteiger partial charge in [-0.15, -0.1) is 0 Å². The summed E-state index contributed by atoms with van der Waals surface area (Å²) < 4.78 is 10.6. The molecule has 1 saturated carbocycles. The van der Waals surface area contributed by atoms with E-state index in [4.69, 9.17) is 9.47 Å². The lowest BCUT2D eigenvalue weighted by Crippen LogP contribution is -2.32. The second-order valence-electron chi connectivity index (χ2n) is 5.75. The van der Waals surface area contributed by atoms with Gasteiger partial charge in [0.2, 0.25) is 0 Å². The van der Waals surface area contributed by atoms with E-state index >= 15 is 0 Å². The molecule has 0 aliphatic heterocycles. The highest BCUT2D eigenvalue weighted by atomic mass is 16.5. The standard InChI is InChI=1S/C16H25NO2/c1-11-5-6-16(12(2)7-11)17-13-8-14(18-3)10-15(9-13)19-4/h8-12,16-17H,5-7H2,1-4H3. The van der Waals surface area contributed by atoms with Crippen LogP contribution in [0.3, 0.4) is 0 Å². The highest BCUT2D eigenvalue weighted by molar-refractivity contribution is 5.54. The molecule has 3 nitrogen and oxygen atoms in total. The van der Waals surface area contributed by atoms with E-state index < -0.39 is 0 Å². The topological polar surface area (TPSA) is 30.5 Å². The molecule has 0 radical (unpaired) electrons. The van der Waals surface area contributed by atoms with Gasteiger partial charge in [0.15, 0.2) is 0 Å². The summed E-state index contributed by atoms with van der Waals surface area (Å²) in [6.45, 7) is 4.69. The van der Waals surface area contributed by atoms with Crippen LogP contribution in [0.15, 0.2) is 18.2 Å². The third-order valence-electron chi connectivity index (χ3n) is 4.14. The number of rotatable bonds is 4. The smallest absolute Gasteiger partial charge is 0.124 e. The highest BCUT2D eigenvalue weighted by Crippen LogP contribution is 2.32. The number of hydrogen-bond acceptors (Lipinski definition) is 3. The Balaban J connectivity index is 2.09. The molecule has 1 aliphatic rings. The van der Waals surface area contributed by atoms with Crippen molar-refractivity contribution in [1.29, 1.82) is 0 Å². The van der Waals surface area contributed by atoms with Crippen molar-refractivity contribution < 1.29 is 9.47 Å². The summed E-state index contributed by atoms with van der Waals surface area (Å²) >= 11 is 0. The predicted octanol–water partition coefficient (Wildman–Crippen LogP) is 3.94. The molecule has 0 saturated heterocycles. The Bertz CT molecular complexity index is 397. The Labute approximate surface area is 116 Å². The van der Waals surface area contributed by atoms with E-state index in [1.54, 1.807) is 14.2 Å². The molecule has 1 fully saturated rings. The number of hydrogen-bond donors (Lipinski definition) is 1. The van der Waals surface area contributed by atoms with Crippen molar-refractivity contribution in [2.75, 3.05) is 19.5 Å². The van der Waals surface area contributed by atoms with Gasteiger partial charge in [0, 0.05) is 29.9 Å². The molecule has 0 spiro atoms. The van der Waals surface area contributed by atoms with E-state index in [0.29, 0.717) is 12.0 Å². The monoisotopic (exact) mass is 263 g/mol. The van der Waals surface area contributed by atoms with Crippen molar-refractivity contribution in [2.45, 2.75) is 39.2 Å². The molecule has 1 aromatic rings. The number of ether oxygens (including phenoxy) is 2. The normalized spacial score (nSPS) is 26.8. The van der Waals surface area contributed by atoms with Crippen molar-refractivity contribution >= 4 is 5.69 Å². The van der Waals surface area contributed by atoms with E-state index in [1.807, 2.05) is 18.2 Å². The molecule has 0 bridgehead atoms. The molecule has 106 valence electrons. The Kier molecular flexibility index (Phi) is 4.56. The molecular weight excluding hydrogens is 238 g/mol. The van der Waals surface area contributed by atoms with Gasteiger partial charge in [-0.1, -0.05) is 13.8 Å². The van der Waals surface area contributed by atoms with Crippen LogP contribution in [-0.2, 0) is 0 Å². The van der Waals surface area contributed by atoms with Gasteiger partial charge in [0.05, 0.1) is 14.2 Å². The van der Waals surface area contributed by atoms with Crippen LogP contribution in [0.5, 0.6) is 11.5 Å². The van der Waals surface area contributed by atoms with Gasteiger partial charge in [-0.2, -0.15) is 0 Å². The zero-order valence-electron chi connectivity index (χ0n) is 12.4. The van der Waals surface area contributed by atoms with E-state index in [9.17, 15) is 0 Å². The van der Waals surface area contributed by atoms with Crippen LogP contribution < -0.4 is 14.8 Å². The Morgan fingerprint density at radius 2 is 1.63 bits per heavy atom. The Morgan fingerprint density at radius 1 is 1.00 bits per heavy atom. The predicted molar refractivity (Wildman–Crippen MR) is 79.1 cm³/mol. The average molecular weight is 263 g/mol. The second-order valence-corrected chi connectivity index (χ2v) is 5.75. The number of nitrogens with one attached hydrogen (secondary N) is 1. The summed E-state index contributed by atoms with van der Waals surface area (Å²) in [5.41, 5.74) is 1.09. The Hall–Kier alpha value is -1.38. The fraction of sp³-hybridized carbons (Fsp3) is 0.625. The van der Waals surface area contributed by atoms with Crippen LogP contribution >= 0.6 is 0 Å². The van der Waals surface area contributed by atoms with Gasteiger partial charge in [-0.3, -0.25) is 0 Å². The minimum atomic E-state index is 0.549. The van der Waals surface area contributed by atoms with Gasteiger partial charge in [-0.05, 0) is 31.1 Å². The number of anilines is 1. The first kappa shape index (κ1) is 14.0. The van der Waals surface area contributed by atoms with E-state index in [1.165, 1.54) is 19.3 Å². The molecule has 2 rings (SSSR count). The summed E-state index contributed by atoms with van der Waals surface area (Å²) in [7, 11) is 3.37. The molecule has 1 aromatic carbocycles. The molecule has 0 amide bonds. The van der Waals surface area contributed by atoms with Gasteiger partial charge in [-0.25, -0.2) is 0 Å². The summed E-state index contributed by atoms with van der Waals surface area (Å²) in [4.78, 5) is 0. The molecule has 1 aliphatic carbocycles. The van der Waals surface area contributed by atoms with Crippen LogP contribution in [0.2, 0.25) is 0 Å². The van der Waals surface area contributed by atoms with Crippen molar-refractivity contribution in [3.8, 4) is 11.5 Å². The van der Waals surface area contributed by atoms with Gasteiger partial charge in [0.25, 0.3) is 0 Å². The first-order valence-electron chi connectivity index (χ1n) is 7.12. The molecule has 1 N–H and O–H groups in total. The van der Waals surface area contributed by atoms with E-state index in [0.717, 1.165) is 23.1 Å². The van der Waals surface area contributed by atoms with Gasteiger partial charge < -0.3 is 14.8 Å². The molecule has 3 heteroatoms. The maximum atomic E-state index is 5.31. The third-order valence-corrected chi connectivity index (χ3v) is 4.14.